The van der Waals surface area contributed by atoms with E-state index >= 15 is 0 Å². The fourth-order valence-corrected chi connectivity index (χ4v) is 1.75. The van der Waals surface area contributed by atoms with Crippen LogP contribution in [0.1, 0.15) is 23.8 Å². The van der Waals surface area contributed by atoms with Gasteiger partial charge in [-0.15, -0.1) is 5.10 Å². The van der Waals surface area contributed by atoms with Gasteiger partial charge in [0.05, 0.1) is 6.20 Å². The molecule has 0 bridgehead atoms. The molecule has 0 saturated heterocycles. The van der Waals surface area contributed by atoms with Gasteiger partial charge in [0.25, 0.3) is 5.91 Å². The largest absolute Gasteiger partial charge is 0.385 e. The van der Waals surface area contributed by atoms with E-state index in [1.54, 1.807) is 29.3 Å². The van der Waals surface area contributed by atoms with Gasteiger partial charge in [0.1, 0.15) is 5.69 Å². The summed E-state index contributed by atoms with van der Waals surface area (Å²) in [4.78, 5) is 16.0. The van der Waals surface area contributed by atoms with E-state index in [0.717, 1.165) is 25.2 Å². The van der Waals surface area contributed by atoms with E-state index in [1.165, 1.54) is 0 Å². The van der Waals surface area contributed by atoms with Gasteiger partial charge in [0, 0.05) is 37.7 Å². The molecule has 0 atom stereocenters. The summed E-state index contributed by atoms with van der Waals surface area (Å²) in [6.45, 7) is 4.12. The summed E-state index contributed by atoms with van der Waals surface area (Å²) in [6.07, 6.45) is 5.85. The van der Waals surface area contributed by atoms with Gasteiger partial charge < -0.3 is 10.6 Å². The summed E-state index contributed by atoms with van der Waals surface area (Å²) >= 11 is 0. The summed E-state index contributed by atoms with van der Waals surface area (Å²) in [7, 11) is 0. The van der Waals surface area contributed by atoms with E-state index in [1.807, 2.05) is 13.0 Å². The van der Waals surface area contributed by atoms with Crippen molar-refractivity contribution in [1.82, 2.24) is 25.3 Å². The Morgan fingerprint density at radius 2 is 2.30 bits per heavy atom. The lowest BCUT2D eigenvalue weighted by Gasteiger charge is -2.07. The summed E-state index contributed by atoms with van der Waals surface area (Å²) in [5.41, 5.74) is 1.32. The van der Waals surface area contributed by atoms with Gasteiger partial charge in [-0.25, -0.2) is 0 Å². The van der Waals surface area contributed by atoms with E-state index in [2.05, 4.69) is 25.9 Å². The van der Waals surface area contributed by atoms with E-state index < -0.39 is 0 Å². The van der Waals surface area contributed by atoms with E-state index in [0.29, 0.717) is 12.2 Å². The van der Waals surface area contributed by atoms with Crippen LogP contribution in [0.15, 0.2) is 30.7 Å². The minimum absolute atomic E-state index is 0.164. The second-order valence-electron chi connectivity index (χ2n) is 4.24. The number of nitrogens with zero attached hydrogens (tertiary/aromatic N) is 4. The Balaban J connectivity index is 1.78. The lowest BCUT2D eigenvalue weighted by atomic mass is 10.3. The van der Waals surface area contributed by atoms with Crippen molar-refractivity contribution in [3.05, 3.63) is 36.4 Å². The molecule has 106 valence electrons. The minimum Gasteiger partial charge on any atom is -0.385 e. The highest BCUT2D eigenvalue weighted by Gasteiger charge is 2.06. The highest BCUT2D eigenvalue weighted by molar-refractivity contribution is 5.93. The number of nitrogens with one attached hydrogen (secondary N) is 2. The average Bonchev–Trinajstić information content (AvgIpc) is 2.97. The maximum Gasteiger partial charge on any atom is 0.269 e. The van der Waals surface area contributed by atoms with E-state index in [4.69, 9.17) is 0 Å². The molecule has 2 aromatic rings. The first kappa shape index (κ1) is 14.0. The standard InChI is InChI=1S/C13H18N6O/c1-2-14-11-4-6-15-12(10-11)13(20)16-5-3-8-19-9-7-17-18-19/h4,6-7,9-10H,2-3,5,8H2,1H3,(H,14,15)(H,16,20). The predicted octanol–water partition coefficient (Wildman–Crippen LogP) is 0.925. The molecule has 0 fully saturated rings. The number of carbonyl (C=O) groups is 1. The molecule has 0 spiro atoms. The SMILES string of the molecule is CCNc1ccnc(C(=O)NCCCn2ccnn2)c1. The molecular formula is C13H18N6O. The van der Waals surface area contributed by atoms with Crippen LogP contribution < -0.4 is 10.6 Å². The maximum absolute atomic E-state index is 11.9. The molecule has 0 aromatic carbocycles. The molecule has 0 unspecified atom stereocenters. The van der Waals surface area contributed by atoms with Crippen molar-refractivity contribution in [2.45, 2.75) is 19.9 Å². The molecule has 0 radical (unpaired) electrons. The Labute approximate surface area is 117 Å². The molecule has 2 aromatic heterocycles. The number of amides is 1. The monoisotopic (exact) mass is 274 g/mol. The van der Waals surface area contributed by atoms with Gasteiger partial charge in [-0.1, -0.05) is 5.21 Å². The topological polar surface area (TPSA) is 84.7 Å². The molecule has 7 heteroatoms. The van der Waals surface area contributed by atoms with Gasteiger partial charge in [0.15, 0.2) is 0 Å². The van der Waals surface area contributed by atoms with Crippen LogP contribution in [0.5, 0.6) is 0 Å². The summed E-state index contributed by atoms with van der Waals surface area (Å²) in [5.74, 6) is -0.164. The molecule has 0 aliphatic rings. The molecule has 7 nitrogen and oxygen atoms in total. The van der Waals surface area contributed by atoms with Crippen molar-refractivity contribution in [2.24, 2.45) is 0 Å². The van der Waals surface area contributed by atoms with Gasteiger partial charge in [-0.3, -0.25) is 14.5 Å². The Kier molecular flexibility index (Phi) is 5.05. The maximum atomic E-state index is 11.9. The van der Waals surface area contributed by atoms with Gasteiger partial charge in [0.2, 0.25) is 0 Å². The van der Waals surface area contributed by atoms with Crippen LogP contribution in [0.3, 0.4) is 0 Å². The zero-order valence-corrected chi connectivity index (χ0v) is 11.4. The number of rotatable bonds is 7. The molecule has 2 rings (SSSR count). The van der Waals surface area contributed by atoms with Crippen LogP contribution in [0.4, 0.5) is 5.69 Å². The third-order valence-electron chi connectivity index (χ3n) is 2.69. The fourth-order valence-electron chi connectivity index (χ4n) is 1.75. The number of hydrogen-bond donors (Lipinski definition) is 2. The van der Waals surface area contributed by atoms with Crippen molar-refractivity contribution < 1.29 is 4.79 Å². The number of aryl methyl sites for hydroxylation is 1. The lowest BCUT2D eigenvalue weighted by Crippen LogP contribution is -2.26. The highest BCUT2D eigenvalue weighted by atomic mass is 16.1. The highest BCUT2D eigenvalue weighted by Crippen LogP contribution is 2.07. The van der Waals surface area contributed by atoms with E-state index in [-0.39, 0.29) is 5.91 Å². The Bertz CT molecular complexity index is 540. The Morgan fingerprint density at radius 3 is 3.05 bits per heavy atom. The van der Waals surface area contributed by atoms with Crippen LogP contribution in [0.2, 0.25) is 0 Å². The molecule has 0 saturated carbocycles. The molecule has 20 heavy (non-hydrogen) atoms. The van der Waals surface area contributed by atoms with Crippen LogP contribution in [0.25, 0.3) is 0 Å². The Morgan fingerprint density at radius 1 is 1.40 bits per heavy atom. The predicted molar refractivity (Wildman–Crippen MR) is 75.4 cm³/mol. The zero-order chi connectivity index (χ0) is 14.2. The van der Waals surface area contributed by atoms with Crippen molar-refractivity contribution in [3.8, 4) is 0 Å². The Hall–Kier alpha value is -2.44. The number of hydrogen-bond acceptors (Lipinski definition) is 5. The van der Waals surface area contributed by atoms with Gasteiger partial charge in [-0.2, -0.15) is 0 Å². The second-order valence-corrected chi connectivity index (χ2v) is 4.24. The zero-order valence-electron chi connectivity index (χ0n) is 11.4. The first-order valence-electron chi connectivity index (χ1n) is 6.62. The number of anilines is 1. The third-order valence-corrected chi connectivity index (χ3v) is 2.69. The summed E-state index contributed by atoms with van der Waals surface area (Å²) in [6, 6.07) is 3.58. The van der Waals surface area contributed by atoms with Crippen LogP contribution in [0, 0.1) is 0 Å². The number of pyridine rings is 1. The fraction of sp³-hybridized carbons (Fsp3) is 0.385. The summed E-state index contributed by atoms with van der Waals surface area (Å²) < 4.78 is 1.73. The first-order valence-corrected chi connectivity index (χ1v) is 6.62. The minimum atomic E-state index is -0.164. The molecule has 2 N–H and O–H groups in total. The van der Waals surface area contributed by atoms with Crippen molar-refractivity contribution in [2.75, 3.05) is 18.4 Å². The van der Waals surface area contributed by atoms with Crippen LogP contribution in [-0.2, 0) is 6.54 Å². The number of aromatic nitrogens is 4. The quantitative estimate of drug-likeness (QED) is 0.734. The second kappa shape index (κ2) is 7.22. The van der Waals surface area contributed by atoms with Crippen LogP contribution in [-0.4, -0.2) is 39.0 Å². The molecular weight excluding hydrogens is 256 g/mol. The summed E-state index contributed by atoms with van der Waals surface area (Å²) in [5, 5.41) is 13.6. The molecule has 0 aliphatic heterocycles. The molecule has 0 aliphatic carbocycles. The van der Waals surface area contributed by atoms with Crippen molar-refractivity contribution >= 4 is 11.6 Å². The van der Waals surface area contributed by atoms with Gasteiger partial charge >= 0.3 is 0 Å². The smallest absolute Gasteiger partial charge is 0.269 e. The lowest BCUT2D eigenvalue weighted by molar-refractivity contribution is 0.0947. The molecule has 2 heterocycles. The third kappa shape index (κ3) is 4.04. The van der Waals surface area contributed by atoms with Crippen molar-refractivity contribution in [1.29, 1.82) is 0 Å². The van der Waals surface area contributed by atoms with E-state index in [9.17, 15) is 4.79 Å². The normalized spacial score (nSPS) is 10.2. The van der Waals surface area contributed by atoms with Crippen LogP contribution >= 0.6 is 0 Å². The van der Waals surface area contributed by atoms with Gasteiger partial charge in [-0.05, 0) is 25.5 Å². The average molecular weight is 274 g/mol. The molecule has 1 amide bonds. The van der Waals surface area contributed by atoms with Crippen molar-refractivity contribution in [3.63, 3.8) is 0 Å². The number of carbonyl (C=O) groups excluding carboxylic acids is 1. The first-order chi connectivity index (χ1) is 9.79.